The highest BCUT2D eigenvalue weighted by Crippen LogP contribution is 2.65. The molecule has 8 heteroatoms. The summed E-state index contributed by atoms with van der Waals surface area (Å²) in [4.78, 5) is 28.4. The van der Waals surface area contributed by atoms with Crippen LogP contribution in [0.3, 0.4) is 0 Å². The molecule has 0 saturated heterocycles. The highest BCUT2D eigenvalue weighted by Gasteiger charge is 2.57. The van der Waals surface area contributed by atoms with Gasteiger partial charge in [-0.1, -0.05) is 39.1 Å². The minimum Gasteiger partial charge on any atom is -0.456 e. The molecule has 1 aromatic heterocycles. The second kappa shape index (κ2) is 7.20. The van der Waals surface area contributed by atoms with E-state index >= 15 is 0 Å². The number of carbonyl (C=O) groups is 2. The molecule has 5 rings (SSSR count). The van der Waals surface area contributed by atoms with E-state index < -0.39 is 5.91 Å². The van der Waals surface area contributed by atoms with E-state index in [1.54, 1.807) is 0 Å². The van der Waals surface area contributed by atoms with Crippen LogP contribution in [-0.4, -0.2) is 27.8 Å². The molecule has 1 aromatic rings. The maximum atomic E-state index is 12.4. The largest absolute Gasteiger partial charge is 0.456 e. The summed E-state index contributed by atoms with van der Waals surface area (Å²) in [5.41, 5.74) is 0.0299. The summed E-state index contributed by atoms with van der Waals surface area (Å²) in [6.45, 7) is -0.345. The number of pyridine rings is 1. The number of ether oxygens (including phenoxy) is 1. The number of nitrogens with zero attached hydrogens (tertiary/aromatic N) is 1. The quantitative estimate of drug-likeness (QED) is 0.480. The predicted molar refractivity (Wildman–Crippen MR) is 107 cm³/mol. The Balaban J connectivity index is 1.30. The highest BCUT2D eigenvalue weighted by atomic mass is 79.9. The van der Waals surface area contributed by atoms with Crippen LogP contribution in [-0.2, 0) is 14.3 Å². The number of nitrogens with one attached hydrogen (secondary N) is 1. The average Bonchev–Trinajstić information content (AvgIpc) is 2.53. The number of anilines is 1. The number of amides is 1. The molecule has 1 heterocycles. The number of aromatic nitrogens is 1. The fourth-order valence-electron chi connectivity index (χ4n) is 5.72. The lowest BCUT2D eigenvalue weighted by molar-refractivity contribution is -0.153. The molecule has 0 aromatic carbocycles. The molecule has 4 aliphatic rings. The molecule has 4 fully saturated rings. The van der Waals surface area contributed by atoms with E-state index in [0.29, 0.717) is 23.3 Å². The summed E-state index contributed by atoms with van der Waals surface area (Å²) in [6, 6.07) is 1.49. The van der Waals surface area contributed by atoms with E-state index in [2.05, 4.69) is 26.2 Å². The average molecular weight is 476 g/mol. The SMILES string of the molecule is O=C(COC(=O)CC12C[C@@H]3C[C@@H](CC(Br)(C3)C1)C2)Nc1ncc(Cl)cc1Cl. The summed E-state index contributed by atoms with van der Waals surface area (Å²) < 4.78 is 5.45. The zero-order valence-electron chi connectivity index (χ0n) is 14.8. The van der Waals surface area contributed by atoms with Crippen molar-refractivity contribution in [3.05, 3.63) is 22.3 Å². The second-order valence-electron chi connectivity index (χ2n) is 8.48. The van der Waals surface area contributed by atoms with E-state index in [-0.39, 0.29) is 33.2 Å². The van der Waals surface area contributed by atoms with Crippen molar-refractivity contribution in [1.82, 2.24) is 4.98 Å². The Morgan fingerprint density at radius 1 is 1.26 bits per heavy atom. The van der Waals surface area contributed by atoms with Crippen LogP contribution in [0.5, 0.6) is 0 Å². The Morgan fingerprint density at radius 3 is 2.59 bits per heavy atom. The molecule has 2 unspecified atom stereocenters. The summed E-state index contributed by atoms with van der Waals surface area (Å²) in [6.07, 6.45) is 8.73. The van der Waals surface area contributed by atoms with E-state index in [4.69, 9.17) is 27.9 Å². The lowest BCUT2D eigenvalue weighted by Crippen LogP contribution is -2.53. The minimum absolute atomic E-state index is 0.0299. The molecule has 0 aliphatic heterocycles. The number of carbonyl (C=O) groups excluding carboxylic acids is 2. The molecule has 4 bridgehead atoms. The standard InChI is InChI=1S/C19H21BrCl2N2O3/c20-19-5-11-1-12(6-19)4-18(3-11,10-19)7-16(26)27-9-15(25)24-17-14(22)2-13(21)8-23-17/h2,8,11-12H,1,3-7,9-10H2,(H,23,24,25)/t11-,12+,18?,19?. The van der Waals surface area contributed by atoms with E-state index in [1.807, 2.05) is 0 Å². The fraction of sp³-hybridized carbons (Fsp3) is 0.632. The van der Waals surface area contributed by atoms with E-state index in [0.717, 1.165) is 19.3 Å². The second-order valence-corrected chi connectivity index (χ2v) is 11.0. The van der Waals surface area contributed by atoms with Gasteiger partial charge >= 0.3 is 5.97 Å². The first-order chi connectivity index (χ1) is 12.7. The van der Waals surface area contributed by atoms with Crippen LogP contribution in [0.4, 0.5) is 5.82 Å². The minimum atomic E-state index is -0.470. The molecule has 4 aliphatic carbocycles. The Morgan fingerprint density at radius 2 is 1.96 bits per heavy atom. The first kappa shape index (κ1) is 19.5. The summed E-state index contributed by atoms with van der Waals surface area (Å²) in [5.74, 6) is 0.838. The molecular weight excluding hydrogens is 455 g/mol. The first-order valence-corrected chi connectivity index (χ1v) is 10.7. The van der Waals surface area contributed by atoms with Crippen molar-refractivity contribution < 1.29 is 14.3 Å². The highest BCUT2D eigenvalue weighted by molar-refractivity contribution is 9.10. The van der Waals surface area contributed by atoms with Crippen molar-refractivity contribution in [1.29, 1.82) is 0 Å². The fourth-order valence-corrected chi connectivity index (χ4v) is 7.66. The van der Waals surface area contributed by atoms with Gasteiger partial charge in [0.05, 0.1) is 16.5 Å². The van der Waals surface area contributed by atoms with Gasteiger partial charge in [0.2, 0.25) is 0 Å². The molecule has 1 amide bonds. The number of hydrogen-bond donors (Lipinski definition) is 1. The van der Waals surface area contributed by atoms with Gasteiger partial charge in [-0.3, -0.25) is 9.59 Å². The van der Waals surface area contributed by atoms with Gasteiger partial charge in [-0.05, 0) is 61.8 Å². The monoisotopic (exact) mass is 474 g/mol. The number of esters is 1. The summed E-state index contributed by atoms with van der Waals surface area (Å²) in [5, 5.41) is 3.15. The predicted octanol–water partition coefficient (Wildman–Crippen LogP) is 4.99. The zero-order chi connectivity index (χ0) is 19.2. The number of rotatable bonds is 5. The van der Waals surface area contributed by atoms with Crippen molar-refractivity contribution in [3.8, 4) is 0 Å². The van der Waals surface area contributed by atoms with Gasteiger partial charge in [-0.15, -0.1) is 0 Å². The molecule has 5 nitrogen and oxygen atoms in total. The van der Waals surface area contributed by atoms with Crippen LogP contribution in [0.1, 0.15) is 44.9 Å². The lowest BCUT2D eigenvalue weighted by Gasteiger charge is -2.60. The van der Waals surface area contributed by atoms with Crippen LogP contribution >= 0.6 is 39.1 Å². The summed E-state index contributed by atoms with van der Waals surface area (Å²) in [7, 11) is 0. The molecule has 0 radical (unpaired) electrons. The van der Waals surface area contributed by atoms with Crippen LogP contribution in [0.15, 0.2) is 12.3 Å². The number of alkyl halides is 1. The molecular formula is C19H21BrCl2N2O3. The molecule has 0 spiro atoms. The van der Waals surface area contributed by atoms with Gasteiger partial charge in [-0.2, -0.15) is 0 Å². The molecule has 1 N–H and O–H groups in total. The van der Waals surface area contributed by atoms with Crippen molar-refractivity contribution in [2.75, 3.05) is 11.9 Å². The van der Waals surface area contributed by atoms with Crippen molar-refractivity contribution in [3.63, 3.8) is 0 Å². The molecule has 4 saturated carbocycles. The smallest absolute Gasteiger partial charge is 0.306 e. The summed E-state index contributed by atoms with van der Waals surface area (Å²) >= 11 is 15.7. The van der Waals surface area contributed by atoms with Crippen LogP contribution in [0, 0.1) is 17.3 Å². The third-order valence-corrected chi connectivity index (χ3v) is 7.48. The van der Waals surface area contributed by atoms with Gasteiger partial charge in [0, 0.05) is 10.5 Å². The Bertz CT molecular complexity index is 774. The Labute approximate surface area is 176 Å². The van der Waals surface area contributed by atoms with Crippen molar-refractivity contribution in [2.45, 2.75) is 49.3 Å². The van der Waals surface area contributed by atoms with E-state index in [1.165, 1.54) is 31.5 Å². The normalized spacial score (nSPS) is 33.7. The number of hydrogen-bond acceptors (Lipinski definition) is 4. The van der Waals surface area contributed by atoms with Crippen LogP contribution in [0.2, 0.25) is 10.0 Å². The van der Waals surface area contributed by atoms with Crippen LogP contribution < -0.4 is 5.32 Å². The number of halogens is 3. The lowest BCUT2D eigenvalue weighted by atomic mass is 9.49. The maximum absolute atomic E-state index is 12.4. The topological polar surface area (TPSA) is 68.3 Å². The van der Waals surface area contributed by atoms with Crippen molar-refractivity contribution >= 4 is 56.8 Å². The van der Waals surface area contributed by atoms with Gasteiger partial charge in [0.25, 0.3) is 5.91 Å². The maximum Gasteiger partial charge on any atom is 0.306 e. The molecule has 4 atom stereocenters. The van der Waals surface area contributed by atoms with Gasteiger partial charge in [-0.25, -0.2) is 4.98 Å². The van der Waals surface area contributed by atoms with Gasteiger partial charge in [0.1, 0.15) is 0 Å². The first-order valence-electron chi connectivity index (χ1n) is 9.20. The van der Waals surface area contributed by atoms with Crippen LogP contribution in [0.25, 0.3) is 0 Å². The Hall–Kier alpha value is -0.850. The third-order valence-electron chi connectivity index (χ3n) is 6.06. The van der Waals surface area contributed by atoms with Gasteiger partial charge in [0.15, 0.2) is 12.4 Å². The molecule has 146 valence electrons. The third kappa shape index (κ3) is 4.28. The molecule has 27 heavy (non-hydrogen) atoms. The van der Waals surface area contributed by atoms with Crippen molar-refractivity contribution in [2.24, 2.45) is 17.3 Å². The Kier molecular flexibility index (Phi) is 5.19. The van der Waals surface area contributed by atoms with E-state index in [9.17, 15) is 9.59 Å². The van der Waals surface area contributed by atoms with Gasteiger partial charge < -0.3 is 10.1 Å². The zero-order valence-corrected chi connectivity index (χ0v) is 17.9.